The molecule has 0 aliphatic rings. The number of hydrogen-bond acceptors (Lipinski definition) is 7. The van der Waals surface area contributed by atoms with Gasteiger partial charge in [-0.2, -0.15) is 4.98 Å². The van der Waals surface area contributed by atoms with E-state index < -0.39 is 10.0 Å². The van der Waals surface area contributed by atoms with Crippen LogP contribution in [0.5, 0.6) is 0 Å². The van der Waals surface area contributed by atoms with Crippen molar-refractivity contribution in [3.05, 3.63) is 77.5 Å². The summed E-state index contributed by atoms with van der Waals surface area (Å²) < 4.78 is 32.7. The number of sulfonamides is 1. The predicted octanol–water partition coefficient (Wildman–Crippen LogP) is 4.87. The standard InChI is InChI=1S/C23H22N4O4S2/c1-16-7-13-19(14-8-16)33(29,30)27-18-11-9-17(10-12-18)24-21(28)5-2-6-22-25-23(26-31-22)20-4-3-15-32-20/h3-4,7-15,27H,2,5-6H2,1H3,(H,24,28). The summed E-state index contributed by atoms with van der Waals surface area (Å²) in [5, 5.41) is 8.70. The fraction of sp³-hybridized carbons (Fsp3) is 0.174. The van der Waals surface area contributed by atoms with Crippen LogP contribution in [0, 0.1) is 6.92 Å². The minimum atomic E-state index is -3.67. The second-order valence-electron chi connectivity index (χ2n) is 7.39. The van der Waals surface area contributed by atoms with E-state index >= 15 is 0 Å². The van der Waals surface area contributed by atoms with Crippen molar-refractivity contribution in [1.29, 1.82) is 0 Å². The first kappa shape index (κ1) is 22.7. The fourth-order valence-corrected chi connectivity index (χ4v) is 4.75. The van der Waals surface area contributed by atoms with Crippen LogP contribution in [0.15, 0.2) is 75.5 Å². The highest BCUT2D eigenvalue weighted by molar-refractivity contribution is 7.92. The van der Waals surface area contributed by atoms with Crippen molar-refractivity contribution in [3.8, 4) is 10.7 Å². The molecule has 2 heterocycles. The van der Waals surface area contributed by atoms with Gasteiger partial charge in [0, 0.05) is 24.2 Å². The summed E-state index contributed by atoms with van der Waals surface area (Å²) in [5.74, 6) is 0.903. The van der Waals surface area contributed by atoms with E-state index in [2.05, 4.69) is 20.2 Å². The van der Waals surface area contributed by atoms with E-state index in [0.29, 0.717) is 42.4 Å². The Balaban J connectivity index is 1.25. The molecule has 0 aliphatic heterocycles. The molecule has 0 saturated heterocycles. The zero-order valence-electron chi connectivity index (χ0n) is 17.8. The molecule has 0 radical (unpaired) electrons. The van der Waals surface area contributed by atoms with Crippen LogP contribution < -0.4 is 10.0 Å². The quantitative estimate of drug-likeness (QED) is 0.352. The second-order valence-corrected chi connectivity index (χ2v) is 10.0. The van der Waals surface area contributed by atoms with Crippen LogP contribution in [0.4, 0.5) is 11.4 Å². The molecule has 0 spiro atoms. The average molecular weight is 483 g/mol. The number of thiophene rings is 1. The number of nitrogens with one attached hydrogen (secondary N) is 2. The summed E-state index contributed by atoms with van der Waals surface area (Å²) in [6.07, 6.45) is 1.36. The predicted molar refractivity (Wildman–Crippen MR) is 128 cm³/mol. The van der Waals surface area contributed by atoms with Crippen LogP contribution in [0.1, 0.15) is 24.3 Å². The first-order valence-electron chi connectivity index (χ1n) is 10.2. The number of amides is 1. The third-order valence-corrected chi connectivity index (χ3v) is 7.02. The number of aromatic nitrogens is 2. The van der Waals surface area contributed by atoms with Crippen molar-refractivity contribution in [2.45, 2.75) is 31.1 Å². The van der Waals surface area contributed by atoms with Gasteiger partial charge in [-0.25, -0.2) is 8.42 Å². The molecule has 0 unspecified atom stereocenters. The molecule has 0 atom stereocenters. The maximum atomic E-state index is 12.5. The van der Waals surface area contributed by atoms with Gasteiger partial charge in [-0.05, 0) is 61.2 Å². The number of rotatable bonds is 9. The molecule has 2 aromatic heterocycles. The highest BCUT2D eigenvalue weighted by Crippen LogP contribution is 2.22. The number of hydrogen-bond donors (Lipinski definition) is 2. The number of nitrogens with zero attached hydrogens (tertiary/aromatic N) is 2. The van der Waals surface area contributed by atoms with Crippen LogP contribution >= 0.6 is 11.3 Å². The Bertz CT molecular complexity index is 1310. The Kier molecular flexibility index (Phi) is 6.85. The van der Waals surface area contributed by atoms with Crippen LogP contribution in [0.3, 0.4) is 0 Å². The van der Waals surface area contributed by atoms with Gasteiger partial charge in [-0.3, -0.25) is 9.52 Å². The van der Waals surface area contributed by atoms with Gasteiger partial charge in [-0.1, -0.05) is 28.9 Å². The van der Waals surface area contributed by atoms with E-state index in [-0.39, 0.29) is 10.8 Å². The van der Waals surface area contributed by atoms with E-state index in [9.17, 15) is 13.2 Å². The molecule has 170 valence electrons. The van der Waals surface area contributed by atoms with Crippen LogP contribution in [0.2, 0.25) is 0 Å². The van der Waals surface area contributed by atoms with E-state index in [1.807, 2.05) is 24.4 Å². The molecule has 0 saturated carbocycles. The first-order chi connectivity index (χ1) is 15.9. The monoisotopic (exact) mass is 482 g/mol. The van der Waals surface area contributed by atoms with Gasteiger partial charge in [0.2, 0.25) is 17.6 Å². The maximum absolute atomic E-state index is 12.5. The van der Waals surface area contributed by atoms with Crippen molar-refractivity contribution in [3.63, 3.8) is 0 Å². The Hall–Kier alpha value is -3.50. The van der Waals surface area contributed by atoms with Crippen LogP contribution in [-0.4, -0.2) is 24.5 Å². The molecule has 0 aliphatic carbocycles. The van der Waals surface area contributed by atoms with Gasteiger partial charge in [0.15, 0.2) is 0 Å². The van der Waals surface area contributed by atoms with Gasteiger partial charge in [-0.15, -0.1) is 11.3 Å². The zero-order chi connectivity index (χ0) is 23.3. The molecule has 4 aromatic rings. The van der Waals surface area contributed by atoms with E-state index in [4.69, 9.17) is 4.52 Å². The van der Waals surface area contributed by atoms with Gasteiger partial charge in [0.25, 0.3) is 10.0 Å². The second kappa shape index (κ2) is 9.97. The molecule has 2 N–H and O–H groups in total. The third-order valence-electron chi connectivity index (χ3n) is 4.76. The molecule has 4 rings (SSSR count). The number of aryl methyl sites for hydroxylation is 2. The molecule has 33 heavy (non-hydrogen) atoms. The number of anilines is 2. The molecule has 2 aromatic carbocycles. The van der Waals surface area contributed by atoms with Crippen molar-refractivity contribution >= 4 is 38.6 Å². The average Bonchev–Trinajstić information content (AvgIpc) is 3.47. The Labute approximate surface area is 195 Å². The highest BCUT2D eigenvalue weighted by atomic mass is 32.2. The van der Waals surface area contributed by atoms with Gasteiger partial charge in [0.1, 0.15) is 0 Å². The van der Waals surface area contributed by atoms with E-state index in [0.717, 1.165) is 10.4 Å². The number of carbonyl (C=O) groups excluding carboxylic acids is 1. The smallest absolute Gasteiger partial charge is 0.261 e. The van der Waals surface area contributed by atoms with Gasteiger partial charge in [0.05, 0.1) is 9.77 Å². The molecule has 0 fully saturated rings. The van der Waals surface area contributed by atoms with Gasteiger partial charge >= 0.3 is 0 Å². The summed E-state index contributed by atoms with van der Waals surface area (Å²) in [4.78, 5) is 17.7. The summed E-state index contributed by atoms with van der Waals surface area (Å²) in [5.41, 5.74) is 1.97. The lowest BCUT2D eigenvalue weighted by Crippen LogP contribution is -2.13. The minimum Gasteiger partial charge on any atom is -0.339 e. The Morgan fingerprint density at radius 1 is 1.03 bits per heavy atom. The SMILES string of the molecule is Cc1ccc(S(=O)(=O)Nc2ccc(NC(=O)CCCc3nc(-c4cccs4)no3)cc2)cc1. The third kappa shape index (κ3) is 6.05. The van der Waals surface area contributed by atoms with Crippen molar-refractivity contribution < 1.29 is 17.7 Å². The molecular weight excluding hydrogens is 460 g/mol. The van der Waals surface area contributed by atoms with Crippen LogP contribution in [-0.2, 0) is 21.2 Å². The largest absolute Gasteiger partial charge is 0.339 e. The highest BCUT2D eigenvalue weighted by Gasteiger charge is 2.14. The first-order valence-corrected chi connectivity index (χ1v) is 12.6. The van der Waals surface area contributed by atoms with Crippen LogP contribution in [0.25, 0.3) is 10.7 Å². The summed E-state index contributed by atoms with van der Waals surface area (Å²) in [6.45, 7) is 1.89. The lowest BCUT2D eigenvalue weighted by atomic mass is 10.2. The van der Waals surface area contributed by atoms with Crippen molar-refractivity contribution in [2.24, 2.45) is 0 Å². The van der Waals surface area contributed by atoms with Gasteiger partial charge < -0.3 is 9.84 Å². The molecular formula is C23H22N4O4S2. The minimum absolute atomic E-state index is 0.152. The van der Waals surface area contributed by atoms with Crippen molar-refractivity contribution in [2.75, 3.05) is 10.0 Å². The molecule has 1 amide bonds. The van der Waals surface area contributed by atoms with E-state index in [1.165, 1.54) is 11.3 Å². The number of benzene rings is 2. The lowest BCUT2D eigenvalue weighted by molar-refractivity contribution is -0.116. The number of carbonyl (C=O) groups is 1. The summed E-state index contributed by atoms with van der Waals surface area (Å²) >= 11 is 1.54. The Morgan fingerprint density at radius 3 is 2.45 bits per heavy atom. The lowest BCUT2D eigenvalue weighted by Gasteiger charge is -2.10. The molecule has 8 nitrogen and oxygen atoms in total. The van der Waals surface area contributed by atoms with E-state index in [1.54, 1.807) is 48.5 Å². The normalized spacial score (nSPS) is 11.3. The summed E-state index contributed by atoms with van der Waals surface area (Å²) in [7, 11) is -3.67. The summed E-state index contributed by atoms with van der Waals surface area (Å²) in [6, 6.07) is 17.0. The zero-order valence-corrected chi connectivity index (χ0v) is 19.4. The topological polar surface area (TPSA) is 114 Å². The molecule has 0 bridgehead atoms. The maximum Gasteiger partial charge on any atom is 0.261 e. The van der Waals surface area contributed by atoms with Crippen molar-refractivity contribution in [1.82, 2.24) is 10.1 Å². The Morgan fingerprint density at radius 2 is 1.76 bits per heavy atom. The molecule has 10 heteroatoms. The fourth-order valence-electron chi connectivity index (χ4n) is 3.04.